The summed E-state index contributed by atoms with van der Waals surface area (Å²) >= 11 is 0. The van der Waals surface area contributed by atoms with E-state index < -0.39 is 0 Å². The van der Waals surface area contributed by atoms with E-state index in [0.717, 1.165) is 78.7 Å². The van der Waals surface area contributed by atoms with Crippen molar-refractivity contribution in [1.29, 1.82) is 0 Å². The molecule has 0 saturated heterocycles. The Morgan fingerprint density at radius 1 is 0.170 bits per heavy atom. The Bertz CT molecular complexity index is 6100. The molecule has 106 heavy (non-hydrogen) atoms. The number of para-hydroxylation sites is 2. The van der Waals surface area contributed by atoms with Crippen molar-refractivity contribution < 1.29 is 0 Å². The van der Waals surface area contributed by atoms with Gasteiger partial charge in [-0.25, -0.2) is 0 Å². The van der Waals surface area contributed by atoms with Gasteiger partial charge in [-0.05, 0) is 269 Å². The lowest BCUT2D eigenvalue weighted by molar-refractivity contribution is 1.17. The van der Waals surface area contributed by atoms with Crippen molar-refractivity contribution >= 4 is 133 Å². The fraction of sp³-hybridized carbons (Fsp3) is 0. The van der Waals surface area contributed by atoms with E-state index in [9.17, 15) is 0 Å². The number of benzene rings is 18. The average molecular weight is 1350 g/mol. The molecule has 0 fully saturated rings. The molecule has 0 radical (unpaired) electrons. The summed E-state index contributed by atoms with van der Waals surface area (Å²) < 4.78 is 4.86. The third-order valence-electron chi connectivity index (χ3n) is 21.4. The van der Waals surface area contributed by atoms with Crippen LogP contribution in [-0.4, -0.2) is 9.13 Å². The summed E-state index contributed by atoms with van der Waals surface area (Å²) in [5.74, 6) is 0. The highest BCUT2D eigenvalue weighted by Crippen LogP contribution is 2.44. The van der Waals surface area contributed by atoms with Crippen molar-refractivity contribution in [2.24, 2.45) is 0 Å². The van der Waals surface area contributed by atoms with E-state index in [1.165, 1.54) is 109 Å². The van der Waals surface area contributed by atoms with Crippen LogP contribution in [0.5, 0.6) is 0 Å². The van der Waals surface area contributed by atoms with Crippen molar-refractivity contribution in [3.05, 3.63) is 412 Å². The van der Waals surface area contributed by atoms with E-state index in [2.05, 4.69) is 431 Å². The summed E-state index contributed by atoms with van der Waals surface area (Å²) in [6.07, 6.45) is 4.41. The van der Waals surface area contributed by atoms with E-state index in [-0.39, 0.29) is 0 Å². The second-order valence-corrected chi connectivity index (χ2v) is 27.7. The zero-order chi connectivity index (χ0) is 70.0. The van der Waals surface area contributed by atoms with E-state index in [4.69, 9.17) is 0 Å². The standard InChI is InChI=1S/C102H68N4/c1-3-23-87(24-4-1)103(91-49-53-93(54-50-91)105-99-57-41-83(79-37-33-71-15-7-11-19-75(71)61-79)65-95(99)96-66-84(42-58-100(96)105)80-38-34-72-16-8-12-20-76(72)62-80)89-45-29-69(30-46-89)27-28-70-31-47-90(48-32-70)104(88-25-5-2-6-26-88)92-51-55-94(56-52-92)106-101-59-43-85(81-39-35-73-17-9-13-21-77(73)63-81)67-97(101)98-68-86(44-60-102(98)106)82-40-36-74-18-10-14-22-78(74)64-82/h1-68H/b28-27+. The molecule has 0 unspecified atom stereocenters. The van der Waals surface area contributed by atoms with Crippen molar-refractivity contribution in [3.63, 3.8) is 0 Å². The Hall–Kier alpha value is -14.1. The maximum atomic E-state index is 2.43. The molecular weight excluding hydrogens is 1280 g/mol. The summed E-state index contributed by atoms with van der Waals surface area (Å²) in [6, 6.07) is 147. The smallest absolute Gasteiger partial charge is 0.0541 e. The lowest BCUT2D eigenvalue weighted by atomic mass is 9.98. The summed E-state index contributed by atoms with van der Waals surface area (Å²) in [5, 5.41) is 14.8. The number of fused-ring (bicyclic) bond motifs is 10. The van der Waals surface area contributed by atoms with E-state index in [1.54, 1.807) is 0 Å². The van der Waals surface area contributed by atoms with Crippen molar-refractivity contribution in [3.8, 4) is 55.9 Å². The third kappa shape index (κ3) is 11.3. The largest absolute Gasteiger partial charge is 0.311 e. The Morgan fingerprint density at radius 3 is 0.660 bits per heavy atom. The van der Waals surface area contributed by atoms with Gasteiger partial charge in [0.15, 0.2) is 0 Å². The molecule has 18 aromatic carbocycles. The number of aromatic nitrogens is 2. The first-order valence-electron chi connectivity index (χ1n) is 36.4. The molecule has 2 aromatic heterocycles. The van der Waals surface area contributed by atoms with Crippen LogP contribution in [0.25, 0.3) is 155 Å². The second kappa shape index (κ2) is 26.1. The van der Waals surface area contributed by atoms with Gasteiger partial charge in [-0.1, -0.05) is 243 Å². The Balaban J connectivity index is 0.588. The predicted molar refractivity (Wildman–Crippen MR) is 452 cm³/mol. The Labute approximate surface area is 615 Å². The first-order chi connectivity index (χ1) is 52.5. The van der Waals surface area contributed by atoms with Gasteiger partial charge in [-0.2, -0.15) is 0 Å². The van der Waals surface area contributed by atoms with Gasteiger partial charge in [0.1, 0.15) is 0 Å². The number of hydrogen-bond donors (Lipinski definition) is 0. The highest BCUT2D eigenvalue weighted by atomic mass is 15.1. The summed E-state index contributed by atoms with van der Waals surface area (Å²) in [5.41, 5.74) is 25.1. The molecule has 2 heterocycles. The van der Waals surface area contributed by atoms with Gasteiger partial charge in [-0.15, -0.1) is 0 Å². The summed E-state index contributed by atoms with van der Waals surface area (Å²) in [4.78, 5) is 4.68. The van der Waals surface area contributed by atoms with Gasteiger partial charge in [0.2, 0.25) is 0 Å². The maximum Gasteiger partial charge on any atom is 0.0541 e. The quantitative estimate of drug-likeness (QED) is 0.101. The van der Waals surface area contributed by atoms with Crippen LogP contribution in [0.3, 0.4) is 0 Å². The van der Waals surface area contributed by atoms with Crippen LogP contribution >= 0.6 is 0 Å². The molecule has 496 valence electrons. The summed E-state index contributed by atoms with van der Waals surface area (Å²) in [7, 11) is 0. The minimum atomic E-state index is 1.07. The molecule has 0 aliphatic carbocycles. The Morgan fingerprint density at radius 2 is 0.387 bits per heavy atom. The van der Waals surface area contributed by atoms with Crippen LogP contribution in [0.2, 0.25) is 0 Å². The van der Waals surface area contributed by atoms with Gasteiger partial charge in [0.25, 0.3) is 0 Å². The fourth-order valence-electron chi connectivity index (χ4n) is 16.0. The normalized spacial score (nSPS) is 11.7. The van der Waals surface area contributed by atoms with Gasteiger partial charge in [-0.3, -0.25) is 0 Å². The fourth-order valence-corrected chi connectivity index (χ4v) is 16.0. The lowest BCUT2D eigenvalue weighted by Gasteiger charge is -2.26. The molecule has 20 aromatic rings. The molecule has 0 saturated carbocycles. The average Bonchev–Trinajstić information content (AvgIpc) is 1.59. The molecule has 0 N–H and O–H groups in total. The first kappa shape index (κ1) is 61.8. The van der Waals surface area contributed by atoms with Crippen LogP contribution in [0.15, 0.2) is 400 Å². The van der Waals surface area contributed by atoms with Crippen LogP contribution in [0, 0.1) is 0 Å². The van der Waals surface area contributed by atoms with E-state index >= 15 is 0 Å². The molecule has 0 aliphatic rings. The van der Waals surface area contributed by atoms with Gasteiger partial charge in [0.05, 0.1) is 22.1 Å². The second-order valence-electron chi connectivity index (χ2n) is 27.7. The van der Waals surface area contributed by atoms with Crippen LogP contribution in [0.4, 0.5) is 34.1 Å². The maximum absolute atomic E-state index is 2.43. The minimum Gasteiger partial charge on any atom is -0.311 e. The molecule has 4 heteroatoms. The zero-order valence-corrected chi connectivity index (χ0v) is 58.0. The van der Waals surface area contributed by atoms with Crippen LogP contribution in [0.1, 0.15) is 11.1 Å². The number of rotatable bonds is 14. The predicted octanol–water partition coefficient (Wildman–Crippen LogP) is 28.3. The van der Waals surface area contributed by atoms with Gasteiger partial charge < -0.3 is 18.9 Å². The van der Waals surface area contributed by atoms with Gasteiger partial charge in [0, 0.05) is 67.0 Å². The molecule has 0 amide bonds. The van der Waals surface area contributed by atoms with Crippen LogP contribution < -0.4 is 9.80 Å². The number of anilines is 6. The lowest BCUT2D eigenvalue weighted by Crippen LogP contribution is -2.10. The zero-order valence-electron chi connectivity index (χ0n) is 58.0. The van der Waals surface area contributed by atoms with Crippen molar-refractivity contribution in [2.75, 3.05) is 9.80 Å². The number of nitrogens with zero attached hydrogens (tertiary/aromatic N) is 4. The SMILES string of the molecule is C(=C\c1ccc(N(c2ccccc2)c2ccc(-n3c4ccc(-c5ccc6ccccc6c5)cc4c4cc(-c5ccc6ccccc6c5)ccc43)cc2)cc1)/c1ccc(N(c2ccccc2)c2ccc(-n3c4ccc(-c5ccc6ccccc6c5)cc4c4cc(-c5ccc6ccccc6c5)ccc43)cc2)cc1. The molecule has 0 aliphatic heterocycles. The third-order valence-corrected chi connectivity index (χ3v) is 21.4. The highest BCUT2D eigenvalue weighted by molar-refractivity contribution is 6.14. The topological polar surface area (TPSA) is 16.3 Å². The molecular formula is C102H68N4. The van der Waals surface area contributed by atoms with E-state index in [1.807, 2.05) is 0 Å². The highest BCUT2D eigenvalue weighted by Gasteiger charge is 2.21. The molecule has 0 spiro atoms. The summed E-state index contributed by atoms with van der Waals surface area (Å²) in [6.45, 7) is 0. The molecule has 4 nitrogen and oxygen atoms in total. The molecule has 0 atom stereocenters. The van der Waals surface area contributed by atoms with Crippen LogP contribution in [-0.2, 0) is 0 Å². The molecule has 0 bridgehead atoms. The number of hydrogen-bond acceptors (Lipinski definition) is 2. The van der Waals surface area contributed by atoms with Gasteiger partial charge >= 0.3 is 0 Å². The van der Waals surface area contributed by atoms with E-state index in [0.29, 0.717) is 0 Å². The Kier molecular flexibility index (Phi) is 15.2. The molecule has 20 rings (SSSR count). The first-order valence-corrected chi connectivity index (χ1v) is 36.4. The van der Waals surface area contributed by atoms with Crippen molar-refractivity contribution in [1.82, 2.24) is 9.13 Å². The van der Waals surface area contributed by atoms with Crippen molar-refractivity contribution in [2.45, 2.75) is 0 Å². The monoisotopic (exact) mass is 1350 g/mol. The minimum absolute atomic E-state index is 1.07.